The van der Waals surface area contributed by atoms with Gasteiger partial charge < -0.3 is 10.1 Å². The molecule has 0 bridgehead atoms. The van der Waals surface area contributed by atoms with Gasteiger partial charge in [-0.2, -0.15) is 0 Å². The minimum atomic E-state index is -0.172. The summed E-state index contributed by atoms with van der Waals surface area (Å²) >= 11 is 0. The van der Waals surface area contributed by atoms with Crippen molar-refractivity contribution in [3.05, 3.63) is 35.6 Å². The zero-order valence-electron chi connectivity index (χ0n) is 9.58. The first-order chi connectivity index (χ1) is 7.79. The number of benzene rings is 1. The summed E-state index contributed by atoms with van der Waals surface area (Å²) in [7, 11) is 1.77. The lowest BCUT2D eigenvalue weighted by molar-refractivity contribution is 0.0311. The molecule has 1 fully saturated rings. The molecule has 0 radical (unpaired) electrons. The van der Waals surface area contributed by atoms with Crippen molar-refractivity contribution >= 4 is 0 Å². The van der Waals surface area contributed by atoms with Crippen LogP contribution in [0.5, 0.6) is 0 Å². The van der Waals surface area contributed by atoms with Crippen LogP contribution >= 0.6 is 0 Å². The quantitative estimate of drug-likeness (QED) is 0.846. The van der Waals surface area contributed by atoms with E-state index in [1.54, 1.807) is 7.11 Å². The molecule has 88 valence electrons. The molecule has 1 aliphatic heterocycles. The van der Waals surface area contributed by atoms with Crippen LogP contribution in [0.15, 0.2) is 24.3 Å². The maximum Gasteiger partial charge on any atom is 0.123 e. The van der Waals surface area contributed by atoms with E-state index in [9.17, 15) is 4.39 Å². The average molecular weight is 223 g/mol. The summed E-state index contributed by atoms with van der Waals surface area (Å²) in [6.07, 6.45) is 2.33. The predicted octanol–water partition coefficient (Wildman–Crippen LogP) is 1.99. The Balaban J connectivity index is 1.99. The monoisotopic (exact) mass is 223 g/mol. The summed E-state index contributed by atoms with van der Waals surface area (Å²) in [5, 5.41) is 3.38. The summed E-state index contributed by atoms with van der Waals surface area (Å²) in [5.41, 5.74) is 1.18. The highest BCUT2D eigenvalue weighted by atomic mass is 19.1. The van der Waals surface area contributed by atoms with Crippen molar-refractivity contribution in [2.24, 2.45) is 5.92 Å². The summed E-state index contributed by atoms with van der Waals surface area (Å²) in [5.74, 6) is 0.318. The predicted molar refractivity (Wildman–Crippen MR) is 61.9 cm³/mol. The van der Waals surface area contributed by atoms with Gasteiger partial charge in [0.15, 0.2) is 0 Å². The van der Waals surface area contributed by atoms with Crippen LogP contribution in [0, 0.1) is 11.7 Å². The molecule has 0 saturated carbocycles. The van der Waals surface area contributed by atoms with E-state index in [0.29, 0.717) is 12.0 Å². The summed E-state index contributed by atoms with van der Waals surface area (Å²) in [4.78, 5) is 0. The Bertz CT molecular complexity index is 325. The fraction of sp³-hybridized carbons (Fsp3) is 0.538. The second-order valence-electron chi connectivity index (χ2n) is 4.36. The van der Waals surface area contributed by atoms with Crippen molar-refractivity contribution in [1.29, 1.82) is 0 Å². The van der Waals surface area contributed by atoms with E-state index in [1.807, 2.05) is 12.1 Å². The molecule has 0 amide bonds. The SMILES string of the molecule is CO[C@H]1CCNC[C@H]1Cc1ccc(F)cc1. The highest BCUT2D eigenvalue weighted by Crippen LogP contribution is 2.19. The van der Waals surface area contributed by atoms with Gasteiger partial charge in [-0.3, -0.25) is 0 Å². The Kier molecular flexibility index (Phi) is 3.91. The van der Waals surface area contributed by atoms with Crippen LogP contribution in [-0.4, -0.2) is 26.3 Å². The largest absolute Gasteiger partial charge is 0.381 e. The summed E-state index contributed by atoms with van der Waals surface area (Å²) < 4.78 is 18.3. The molecule has 16 heavy (non-hydrogen) atoms. The third-order valence-corrected chi connectivity index (χ3v) is 3.25. The molecule has 1 saturated heterocycles. The fourth-order valence-corrected chi connectivity index (χ4v) is 2.34. The fourth-order valence-electron chi connectivity index (χ4n) is 2.34. The van der Waals surface area contributed by atoms with E-state index in [4.69, 9.17) is 4.74 Å². The van der Waals surface area contributed by atoms with Gasteiger partial charge in [-0.25, -0.2) is 4.39 Å². The number of hydrogen-bond acceptors (Lipinski definition) is 2. The van der Waals surface area contributed by atoms with E-state index in [2.05, 4.69) is 5.32 Å². The molecular weight excluding hydrogens is 205 g/mol. The van der Waals surface area contributed by atoms with Crippen molar-refractivity contribution in [2.45, 2.75) is 18.9 Å². The molecule has 3 heteroatoms. The maximum absolute atomic E-state index is 12.8. The first-order valence-corrected chi connectivity index (χ1v) is 5.77. The average Bonchev–Trinajstić information content (AvgIpc) is 2.33. The molecular formula is C13H18FNO. The van der Waals surface area contributed by atoms with Crippen molar-refractivity contribution in [3.8, 4) is 0 Å². The molecule has 0 unspecified atom stereocenters. The van der Waals surface area contributed by atoms with Gasteiger partial charge in [0.25, 0.3) is 0 Å². The van der Waals surface area contributed by atoms with Crippen LogP contribution in [0.4, 0.5) is 4.39 Å². The molecule has 1 aliphatic rings. The number of ether oxygens (including phenoxy) is 1. The van der Waals surface area contributed by atoms with Crippen molar-refractivity contribution < 1.29 is 9.13 Å². The van der Waals surface area contributed by atoms with E-state index in [0.717, 1.165) is 25.9 Å². The number of nitrogens with one attached hydrogen (secondary N) is 1. The van der Waals surface area contributed by atoms with Gasteiger partial charge in [-0.05, 0) is 37.1 Å². The highest BCUT2D eigenvalue weighted by molar-refractivity contribution is 5.17. The molecule has 1 aromatic rings. The Hall–Kier alpha value is -0.930. The van der Waals surface area contributed by atoms with Crippen LogP contribution in [0.1, 0.15) is 12.0 Å². The zero-order valence-corrected chi connectivity index (χ0v) is 9.58. The topological polar surface area (TPSA) is 21.3 Å². The van der Waals surface area contributed by atoms with Crippen molar-refractivity contribution in [1.82, 2.24) is 5.32 Å². The molecule has 0 spiro atoms. The smallest absolute Gasteiger partial charge is 0.123 e. The van der Waals surface area contributed by atoms with Gasteiger partial charge in [0.05, 0.1) is 6.10 Å². The third kappa shape index (κ3) is 2.80. The van der Waals surface area contributed by atoms with Crippen LogP contribution in [0.2, 0.25) is 0 Å². The van der Waals surface area contributed by atoms with Crippen LogP contribution < -0.4 is 5.32 Å². The van der Waals surface area contributed by atoms with Gasteiger partial charge in [-0.1, -0.05) is 12.1 Å². The van der Waals surface area contributed by atoms with Gasteiger partial charge >= 0.3 is 0 Å². The number of rotatable bonds is 3. The second kappa shape index (κ2) is 5.41. The van der Waals surface area contributed by atoms with Gasteiger partial charge in [-0.15, -0.1) is 0 Å². The van der Waals surface area contributed by atoms with E-state index >= 15 is 0 Å². The zero-order chi connectivity index (χ0) is 11.4. The first-order valence-electron chi connectivity index (χ1n) is 5.77. The van der Waals surface area contributed by atoms with Crippen LogP contribution in [0.25, 0.3) is 0 Å². The van der Waals surface area contributed by atoms with Gasteiger partial charge in [0, 0.05) is 19.6 Å². The normalized spacial score (nSPS) is 25.6. The van der Waals surface area contributed by atoms with E-state index in [1.165, 1.54) is 17.7 Å². The number of halogens is 1. The molecule has 2 rings (SSSR count). The lowest BCUT2D eigenvalue weighted by atomic mass is 9.89. The minimum Gasteiger partial charge on any atom is -0.381 e. The molecule has 2 atom stereocenters. The van der Waals surface area contributed by atoms with E-state index in [-0.39, 0.29) is 5.82 Å². The second-order valence-corrected chi connectivity index (χ2v) is 4.36. The lowest BCUT2D eigenvalue weighted by Crippen LogP contribution is -2.41. The molecule has 1 N–H and O–H groups in total. The van der Waals surface area contributed by atoms with Gasteiger partial charge in [0.2, 0.25) is 0 Å². The van der Waals surface area contributed by atoms with E-state index < -0.39 is 0 Å². The maximum atomic E-state index is 12.8. The Morgan fingerprint density at radius 1 is 1.38 bits per heavy atom. The van der Waals surface area contributed by atoms with Gasteiger partial charge in [0.1, 0.15) is 5.82 Å². The number of piperidine rings is 1. The summed E-state index contributed by atoms with van der Waals surface area (Å²) in [6, 6.07) is 6.76. The van der Waals surface area contributed by atoms with Crippen LogP contribution in [-0.2, 0) is 11.2 Å². The lowest BCUT2D eigenvalue weighted by Gasteiger charge is -2.31. The van der Waals surface area contributed by atoms with Crippen molar-refractivity contribution in [2.75, 3.05) is 20.2 Å². The number of hydrogen-bond donors (Lipinski definition) is 1. The molecule has 1 aromatic carbocycles. The molecule has 0 aromatic heterocycles. The summed E-state index contributed by atoms with van der Waals surface area (Å²) in [6.45, 7) is 2.01. The Morgan fingerprint density at radius 3 is 2.81 bits per heavy atom. The first kappa shape index (κ1) is 11.6. The standard InChI is InChI=1S/C13H18FNO/c1-16-13-6-7-15-9-11(13)8-10-2-4-12(14)5-3-10/h2-5,11,13,15H,6-9H2,1H3/t11-,13+/m1/s1. The number of methoxy groups -OCH3 is 1. The molecule has 2 nitrogen and oxygen atoms in total. The third-order valence-electron chi connectivity index (χ3n) is 3.25. The molecule has 1 heterocycles. The highest BCUT2D eigenvalue weighted by Gasteiger charge is 2.24. The minimum absolute atomic E-state index is 0.172. The van der Waals surface area contributed by atoms with Crippen LogP contribution in [0.3, 0.4) is 0 Å². The van der Waals surface area contributed by atoms with Crippen molar-refractivity contribution in [3.63, 3.8) is 0 Å². The Labute approximate surface area is 95.8 Å². The molecule has 0 aliphatic carbocycles. The Morgan fingerprint density at radius 2 is 2.12 bits per heavy atom.